The molecule has 0 fully saturated rings. The first-order chi connectivity index (χ1) is 6.06. The number of hydrogen-bond donors (Lipinski definition) is 0. The molecule has 0 amide bonds. The Hall–Kier alpha value is -1.25. The number of nitrogens with zero attached hydrogens (tertiary/aromatic N) is 2. The van der Waals surface area contributed by atoms with Crippen LogP contribution in [0.3, 0.4) is 0 Å². The SMILES string of the molecule is CCC(=O)c1nc(C)c(C)nc1C. The lowest BCUT2D eigenvalue weighted by atomic mass is 10.1. The number of hydrogen-bond acceptors (Lipinski definition) is 3. The first kappa shape index (κ1) is 9.84. The first-order valence-corrected chi connectivity index (χ1v) is 4.41. The summed E-state index contributed by atoms with van der Waals surface area (Å²) in [4.78, 5) is 19.9. The molecule has 1 rings (SSSR count). The molecular formula is C10H14N2O. The van der Waals surface area contributed by atoms with E-state index >= 15 is 0 Å². The van der Waals surface area contributed by atoms with Crippen LogP contribution in [-0.2, 0) is 0 Å². The molecule has 3 heteroatoms. The predicted octanol–water partition coefficient (Wildman–Crippen LogP) is 1.99. The highest BCUT2D eigenvalue weighted by atomic mass is 16.1. The topological polar surface area (TPSA) is 42.9 Å². The summed E-state index contributed by atoms with van der Waals surface area (Å²) in [5.74, 6) is 0.0631. The maximum Gasteiger partial charge on any atom is 0.182 e. The summed E-state index contributed by atoms with van der Waals surface area (Å²) >= 11 is 0. The molecule has 0 unspecified atom stereocenters. The fourth-order valence-corrected chi connectivity index (χ4v) is 1.15. The predicted molar refractivity (Wildman–Crippen MR) is 50.9 cm³/mol. The van der Waals surface area contributed by atoms with Crippen molar-refractivity contribution in [2.75, 3.05) is 0 Å². The van der Waals surface area contributed by atoms with Gasteiger partial charge in [0.15, 0.2) is 5.78 Å². The van der Waals surface area contributed by atoms with Crippen LogP contribution in [-0.4, -0.2) is 15.8 Å². The van der Waals surface area contributed by atoms with Gasteiger partial charge in [0, 0.05) is 6.42 Å². The van der Waals surface area contributed by atoms with Gasteiger partial charge in [-0.25, -0.2) is 4.98 Å². The van der Waals surface area contributed by atoms with Crippen LogP contribution in [0.1, 0.15) is 40.9 Å². The lowest BCUT2D eigenvalue weighted by molar-refractivity contribution is 0.0982. The zero-order valence-electron chi connectivity index (χ0n) is 8.51. The molecule has 0 saturated carbocycles. The molecule has 0 bridgehead atoms. The van der Waals surface area contributed by atoms with E-state index in [0.29, 0.717) is 12.1 Å². The quantitative estimate of drug-likeness (QED) is 0.650. The van der Waals surface area contributed by atoms with Crippen LogP contribution in [0.5, 0.6) is 0 Å². The van der Waals surface area contributed by atoms with E-state index in [1.807, 2.05) is 27.7 Å². The molecule has 0 saturated heterocycles. The van der Waals surface area contributed by atoms with Gasteiger partial charge in [0.05, 0.1) is 17.1 Å². The van der Waals surface area contributed by atoms with Crippen LogP contribution in [0, 0.1) is 20.8 Å². The van der Waals surface area contributed by atoms with Gasteiger partial charge in [-0.2, -0.15) is 0 Å². The number of carbonyl (C=O) groups is 1. The number of rotatable bonds is 2. The summed E-state index contributed by atoms with van der Waals surface area (Å²) in [5.41, 5.74) is 2.98. The van der Waals surface area contributed by atoms with Crippen molar-refractivity contribution in [3.8, 4) is 0 Å². The number of ketones is 1. The van der Waals surface area contributed by atoms with Crippen molar-refractivity contribution in [3.05, 3.63) is 22.8 Å². The summed E-state index contributed by atoms with van der Waals surface area (Å²) < 4.78 is 0. The van der Waals surface area contributed by atoms with E-state index in [1.165, 1.54) is 0 Å². The third-order valence-corrected chi connectivity index (χ3v) is 2.07. The van der Waals surface area contributed by atoms with Gasteiger partial charge in [-0.1, -0.05) is 6.92 Å². The van der Waals surface area contributed by atoms with Crippen LogP contribution in [0.2, 0.25) is 0 Å². The molecule has 0 spiro atoms. The molecule has 0 aliphatic rings. The number of aromatic nitrogens is 2. The normalized spacial score (nSPS) is 10.2. The molecule has 0 N–H and O–H groups in total. The van der Waals surface area contributed by atoms with Crippen LogP contribution in [0.4, 0.5) is 0 Å². The minimum absolute atomic E-state index is 0.0631. The molecular weight excluding hydrogens is 164 g/mol. The maximum absolute atomic E-state index is 11.4. The second-order valence-electron chi connectivity index (χ2n) is 3.11. The van der Waals surface area contributed by atoms with Gasteiger partial charge in [0.1, 0.15) is 5.69 Å². The largest absolute Gasteiger partial charge is 0.292 e. The minimum atomic E-state index is 0.0631. The molecule has 3 nitrogen and oxygen atoms in total. The van der Waals surface area contributed by atoms with Crippen molar-refractivity contribution >= 4 is 5.78 Å². The molecule has 0 aliphatic carbocycles. The van der Waals surface area contributed by atoms with Gasteiger partial charge in [-0.05, 0) is 20.8 Å². The fourth-order valence-electron chi connectivity index (χ4n) is 1.15. The van der Waals surface area contributed by atoms with Crippen molar-refractivity contribution in [2.45, 2.75) is 34.1 Å². The van der Waals surface area contributed by atoms with E-state index in [2.05, 4.69) is 9.97 Å². The summed E-state index contributed by atoms with van der Waals surface area (Å²) in [6, 6.07) is 0. The van der Waals surface area contributed by atoms with Gasteiger partial charge < -0.3 is 0 Å². The number of Topliss-reactive ketones (excluding diaryl/α,β-unsaturated/α-hetero) is 1. The maximum atomic E-state index is 11.4. The number of carbonyl (C=O) groups excluding carboxylic acids is 1. The zero-order valence-corrected chi connectivity index (χ0v) is 8.51. The third-order valence-electron chi connectivity index (χ3n) is 2.07. The van der Waals surface area contributed by atoms with Gasteiger partial charge in [0.2, 0.25) is 0 Å². The molecule has 0 atom stereocenters. The number of aryl methyl sites for hydroxylation is 3. The van der Waals surface area contributed by atoms with Gasteiger partial charge in [0.25, 0.3) is 0 Å². The monoisotopic (exact) mass is 178 g/mol. The standard InChI is InChI=1S/C10H14N2O/c1-5-9(13)10-8(4)11-6(2)7(3)12-10/h5H2,1-4H3. The molecule has 0 radical (unpaired) electrons. The highest BCUT2D eigenvalue weighted by Gasteiger charge is 2.11. The first-order valence-electron chi connectivity index (χ1n) is 4.41. The molecule has 1 heterocycles. The van der Waals surface area contributed by atoms with Gasteiger partial charge in [-0.3, -0.25) is 9.78 Å². The van der Waals surface area contributed by atoms with Crippen LogP contribution < -0.4 is 0 Å². The Kier molecular flexibility index (Phi) is 2.76. The van der Waals surface area contributed by atoms with E-state index in [1.54, 1.807) is 0 Å². The van der Waals surface area contributed by atoms with Crippen LogP contribution in [0.15, 0.2) is 0 Å². The highest BCUT2D eigenvalue weighted by Crippen LogP contribution is 2.08. The van der Waals surface area contributed by atoms with E-state index in [4.69, 9.17) is 0 Å². The summed E-state index contributed by atoms with van der Waals surface area (Å²) in [5, 5.41) is 0. The molecule has 1 aromatic rings. The second kappa shape index (κ2) is 3.64. The molecule has 0 aromatic carbocycles. The second-order valence-corrected chi connectivity index (χ2v) is 3.11. The average molecular weight is 178 g/mol. The molecule has 13 heavy (non-hydrogen) atoms. The van der Waals surface area contributed by atoms with E-state index < -0.39 is 0 Å². The molecule has 0 aliphatic heterocycles. The Morgan fingerprint density at radius 1 is 1.08 bits per heavy atom. The average Bonchev–Trinajstić information content (AvgIpc) is 2.10. The van der Waals surface area contributed by atoms with Crippen molar-refractivity contribution in [1.29, 1.82) is 0 Å². The Labute approximate surface area is 78.2 Å². The van der Waals surface area contributed by atoms with Crippen molar-refractivity contribution in [1.82, 2.24) is 9.97 Å². The van der Waals surface area contributed by atoms with Crippen LogP contribution >= 0.6 is 0 Å². The van der Waals surface area contributed by atoms with E-state index in [-0.39, 0.29) is 5.78 Å². The fraction of sp³-hybridized carbons (Fsp3) is 0.500. The molecule has 70 valence electrons. The highest BCUT2D eigenvalue weighted by molar-refractivity contribution is 5.94. The van der Waals surface area contributed by atoms with Crippen molar-refractivity contribution in [2.24, 2.45) is 0 Å². The Morgan fingerprint density at radius 3 is 2.15 bits per heavy atom. The van der Waals surface area contributed by atoms with Crippen molar-refractivity contribution < 1.29 is 4.79 Å². The van der Waals surface area contributed by atoms with E-state index in [0.717, 1.165) is 17.1 Å². The smallest absolute Gasteiger partial charge is 0.182 e. The third kappa shape index (κ3) is 1.91. The lowest BCUT2D eigenvalue weighted by Crippen LogP contribution is -2.08. The zero-order chi connectivity index (χ0) is 10.0. The summed E-state index contributed by atoms with van der Waals surface area (Å²) in [6.07, 6.45) is 0.484. The van der Waals surface area contributed by atoms with Crippen LogP contribution in [0.25, 0.3) is 0 Å². The summed E-state index contributed by atoms with van der Waals surface area (Å²) in [7, 11) is 0. The molecule has 1 aromatic heterocycles. The summed E-state index contributed by atoms with van der Waals surface area (Å²) in [6.45, 7) is 7.42. The van der Waals surface area contributed by atoms with Gasteiger partial charge >= 0.3 is 0 Å². The lowest BCUT2D eigenvalue weighted by Gasteiger charge is -2.05. The minimum Gasteiger partial charge on any atom is -0.292 e. The van der Waals surface area contributed by atoms with Crippen molar-refractivity contribution in [3.63, 3.8) is 0 Å². The Bertz CT molecular complexity index is 345. The van der Waals surface area contributed by atoms with E-state index in [9.17, 15) is 4.79 Å². The van der Waals surface area contributed by atoms with Gasteiger partial charge in [-0.15, -0.1) is 0 Å². The Morgan fingerprint density at radius 2 is 1.62 bits per heavy atom. The Balaban J connectivity index is 3.23.